The summed E-state index contributed by atoms with van der Waals surface area (Å²) < 4.78 is 4.32. The lowest BCUT2D eigenvalue weighted by molar-refractivity contribution is -0.660. The van der Waals surface area contributed by atoms with Gasteiger partial charge in [-0.15, -0.1) is 0 Å². The molecule has 0 aliphatic rings. The van der Waals surface area contributed by atoms with Crippen LogP contribution in [-0.2, 0) is 7.05 Å². The van der Waals surface area contributed by atoms with Gasteiger partial charge in [-0.1, -0.05) is 6.07 Å². The Morgan fingerprint density at radius 3 is 2.73 bits per heavy atom. The maximum absolute atomic E-state index is 4.74. The van der Waals surface area contributed by atoms with Gasteiger partial charge >= 0.3 is 0 Å². The van der Waals surface area contributed by atoms with Gasteiger partial charge in [-0.2, -0.15) is 0 Å². The van der Waals surface area contributed by atoms with Crippen LogP contribution in [0.2, 0.25) is 0 Å². The molecule has 3 heteroatoms. The number of pyridine rings is 2. The van der Waals surface area contributed by atoms with Crippen LogP contribution in [0.25, 0.3) is 27.9 Å². The maximum Gasteiger partial charge on any atom is 0.212 e. The summed E-state index contributed by atoms with van der Waals surface area (Å²) in [6.07, 6.45) is 4.22. The van der Waals surface area contributed by atoms with Crippen LogP contribution in [0.1, 0.15) is 11.1 Å². The first-order chi connectivity index (χ1) is 10.6. The fraction of sp³-hybridized carbons (Fsp3) is 0.158. The van der Waals surface area contributed by atoms with Crippen molar-refractivity contribution in [3.8, 4) is 11.3 Å². The van der Waals surface area contributed by atoms with Gasteiger partial charge in [0.15, 0.2) is 6.20 Å². The standard InChI is InChI=1S/C19H18N3/c1-13-7-8-17(21(3)12-13)15-11-16-18(10-14(15)2)22-9-5-4-6-19(22)20-16/h4-12H,1-3H3/q+1. The highest BCUT2D eigenvalue weighted by atomic mass is 15.0. The van der Waals surface area contributed by atoms with Crippen molar-refractivity contribution in [2.24, 2.45) is 7.05 Å². The Morgan fingerprint density at radius 2 is 1.91 bits per heavy atom. The van der Waals surface area contributed by atoms with E-state index in [9.17, 15) is 0 Å². The van der Waals surface area contributed by atoms with Crippen LogP contribution in [0.5, 0.6) is 0 Å². The summed E-state index contributed by atoms with van der Waals surface area (Å²) in [5.41, 5.74) is 8.15. The van der Waals surface area contributed by atoms with Gasteiger partial charge in [0.1, 0.15) is 12.7 Å². The van der Waals surface area contributed by atoms with Gasteiger partial charge in [-0.05, 0) is 49.7 Å². The van der Waals surface area contributed by atoms with E-state index >= 15 is 0 Å². The van der Waals surface area contributed by atoms with Crippen LogP contribution < -0.4 is 4.57 Å². The second kappa shape index (κ2) is 4.67. The Bertz CT molecular complexity index is 1010. The quantitative estimate of drug-likeness (QED) is 0.490. The number of aryl methyl sites for hydroxylation is 3. The van der Waals surface area contributed by atoms with E-state index < -0.39 is 0 Å². The minimum Gasteiger partial charge on any atom is -0.300 e. The van der Waals surface area contributed by atoms with Crippen molar-refractivity contribution in [2.45, 2.75) is 13.8 Å². The lowest BCUT2D eigenvalue weighted by Crippen LogP contribution is -2.31. The Labute approximate surface area is 129 Å². The normalized spacial score (nSPS) is 11.4. The Kier molecular flexibility index (Phi) is 2.76. The fourth-order valence-electron chi connectivity index (χ4n) is 3.12. The number of fused-ring (bicyclic) bond motifs is 3. The van der Waals surface area contributed by atoms with Crippen molar-refractivity contribution in [1.29, 1.82) is 0 Å². The molecule has 0 unspecified atom stereocenters. The number of rotatable bonds is 1. The van der Waals surface area contributed by atoms with E-state index in [4.69, 9.17) is 4.98 Å². The van der Waals surface area contributed by atoms with E-state index in [2.05, 4.69) is 66.5 Å². The third kappa shape index (κ3) is 1.90. The van der Waals surface area contributed by atoms with Crippen molar-refractivity contribution < 1.29 is 4.57 Å². The number of benzene rings is 1. The lowest BCUT2D eigenvalue weighted by Gasteiger charge is -2.05. The molecule has 22 heavy (non-hydrogen) atoms. The van der Waals surface area contributed by atoms with Gasteiger partial charge in [-0.25, -0.2) is 9.55 Å². The average molecular weight is 288 g/mol. The molecule has 3 nitrogen and oxygen atoms in total. The largest absolute Gasteiger partial charge is 0.300 e. The van der Waals surface area contributed by atoms with Gasteiger partial charge in [0, 0.05) is 17.8 Å². The first-order valence-corrected chi connectivity index (χ1v) is 7.47. The Hall–Kier alpha value is -2.68. The van der Waals surface area contributed by atoms with E-state index in [1.807, 2.05) is 18.2 Å². The number of aromatic nitrogens is 3. The van der Waals surface area contributed by atoms with Crippen LogP contribution in [0, 0.1) is 13.8 Å². The van der Waals surface area contributed by atoms with Gasteiger partial charge in [0.2, 0.25) is 5.69 Å². The summed E-state index contributed by atoms with van der Waals surface area (Å²) in [5, 5.41) is 0. The molecule has 4 rings (SSSR count). The second-order valence-corrected chi connectivity index (χ2v) is 5.90. The summed E-state index contributed by atoms with van der Waals surface area (Å²) in [4.78, 5) is 4.74. The topological polar surface area (TPSA) is 21.2 Å². The van der Waals surface area contributed by atoms with Crippen molar-refractivity contribution in [2.75, 3.05) is 0 Å². The predicted octanol–water partition coefficient (Wildman–Crippen LogP) is 3.60. The number of hydrogen-bond acceptors (Lipinski definition) is 1. The van der Waals surface area contributed by atoms with Crippen LogP contribution in [-0.4, -0.2) is 9.38 Å². The first kappa shape index (κ1) is 13.0. The molecule has 0 atom stereocenters. The highest BCUT2D eigenvalue weighted by Crippen LogP contribution is 2.27. The van der Waals surface area contributed by atoms with E-state index in [1.165, 1.54) is 22.4 Å². The Morgan fingerprint density at radius 1 is 1.05 bits per heavy atom. The highest BCUT2D eigenvalue weighted by molar-refractivity contribution is 5.86. The zero-order valence-electron chi connectivity index (χ0n) is 13.0. The lowest BCUT2D eigenvalue weighted by atomic mass is 10.0. The van der Waals surface area contributed by atoms with Gasteiger partial charge in [0.25, 0.3) is 0 Å². The first-order valence-electron chi connectivity index (χ1n) is 7.47. The van der Waals surface area contributed by atoms with Crippen molar-refractivity contribution in [3.05, 3.63) is 66.0 Å². The summed E-state index contributed by atoms with van der Waals surface area (Å²) >= 11 is 0. The Balaban J connectivity index is 2.02. The monoisotopic (exact) mass is 288 g/mol. The van der Waals surface area contributed by atoms with E-state index in [1.54, 1.807) is 0 Å². The zero-order chi connectivity index (χ0) is 15.3. The molecule has 0 saturated heterocycles. The molecule has 0 N–H and O–H groups in total. The molecule has 4 aromatic rings. The molecule has 0 fully saturated rings. The molecule has 0 aliphatic heterocycles. The minimum absolute atomic E-state index is 0.988. The summed E-state index contributed by atoms with van der Waals surface area (Å²) in [6.45, 7) is 4.28. The molecular weight excluding hydrogens is 270 g/mol. The zero-order valence-corrected chi connectivity index (χ0v) is 13.0. The van der Waals surface area contributed by atoms with Crippen molar-refractivity contribution in [1.82, 2.24) is 9.38 Å². The molecule has 0 bridgehead atoms. The summed E-state index contributed by atoms with van der Waals surface area (Å²) in [6, 6.07) is 14.9. The predicted molar refractivity (Wildman–Crippen MR) is 88.8 cm³/mol. The van der Waals surface area contributed by atoms with Crippen molar-refractivity contribution in [3.63, 3.8) is 0 Å². The van der Waals surface area contributed by atoms with Crippen LogP contribution in [0.15, 0.2) is 54.9 Å². The van der Waals surface area contributed by atoms with E-state index in [0.29, 0.717) is 0 Å². The molecule has 0 saturated carbocycles. The third-order valence-electron chi connectivity index (χ3n) is 4.21. The van der Waals surface area contributed by atoms with E-state index in [0.717, 1.165) is 16.7 Å². The number of nitrogens with zero attached hydrogens (tertiary/aromatic N) is 3. The van der Waals surface area contributed by atoms with Crippen LogP contribution in [0.3, 0.4) is 0 Å². The molecule has 3 aromatic heterocycles. The number of hydrogen-bond donors (Lipinski definition) is 0. The average Bonchev–Trinajstić information content (AvgIpc) is 2.85. The molecule has 0 radical (unpaired) electrons. The molecule has 108 valence electrons. The van der Waals surface area contributed by atoms with Gasteiger partial charge in [0.05, 0.1) is 16.6 Å². The second-order valence-electron chi connectivity index (χ2n) is 5.90. The van der Waals surface area contributed by atoms with Crippen LogP contribution >= 0.6 is 0 Å². The maximum atomic E-state index is 4.74. The smallest absolute Gasteiger partial charge is 0.212 e. The van der Waals surface area contributed by atoms with Gasteiger partial charge < -0.3 is 0 Å². The molecule has 0 aliphatic carbocycles. The summed E-state index contributed by atoms with van der Waals surface area (Å²) in [5.74, 6) is 0. The fourth-order valence-corrected chi connectivity index (χ4v) is 3.12. The molecule has 1 aromatic carbocycles. The van der Waals surface area contributed by atoms with Crippen LogP contribution in [0.4, 0.5) is 0 Å². The molecule has 0 spiro atoms. The molecular formula is C19H18N3+. The van der Waals surface area contributed by atoms with Crippen molar-refractivity contribution >= 4 is 16.7 Å². The number of imidazole rings is 1. The third-order valence-corrected chi connectivity index (χ3v) is 4.21. The molecule has 0 amide bonds. The molecule has 3 heterocycles. The summed E-state index contributed by atoms with van der Waals surface area (Å²) in [7, 11) is 2.09. The van der Waals surface area contributed by atoms with Gasteiger partial charge in [-0.3, -0.25) is 4.40 Å². The highest BCUT2D eigenvalue weighted by Gasteiger charge is 2.15. The van der Waals surface area contributed by atoms with E-state index in [-0.39, 0.29) is 0 Å². The minimum atomic E-state index is 0.988. The SMILES string of the molecule is Cc1ccc(-c2cc3nc4ccccn4c3cc2C)[n+](C)c1.